The van der Waals surface area contributed by atoms with E-state index in [4.69, 9.17) is 10.8 Å². The Bertz CT molecular complexity index is 254. The van der Waals surface area contributed by atoms with Crippen LogP contribution in [0.2, 0.25) is 0 Å². The van der Waals surface area contributed by atoms with Crippen molar-refractivity contribution in [2.75, 3.05) is 0 Å². The Morgan fingerprint density at radius 2 is 1.94 bits per heavy atom. The Labute approximate surface area is 103 Å². The lowest BCUT2D eigenvalue weighted by atomic mass is 10.0. The zero-order valence-corrected chi connectivity index (χ0v) is 10.9. The molecule has 0 aliphatic rings. The highest BCUT2D eigenvalue weighted by Crippen LogP contribution is 2.05. The van der Waals surface area contributed by atoms with Gasteiger partial charge in [0.25, 0.3) is 0 Å². The van der Waals surface area contributed by atoms with Gasteiger partial charge in [-0.2, -0.15) is 0 Å². The van der Waals surface area contributed by atoms with Crippen molar-refractivity contribution in [1.29, 1.82) is 0 Å². The van der Waals surface area contributed by atoms with Gasteiger partial charge < -0.3 is 16.2 Å². The van der Waals surface area contributed by atoms with E-state index < -0.39 is 18.1 Å². The predicted molar refractivity (Wildman–Crippen MR) is 66.5 cm³/mol. The van der Waals surface area contributed by atoms with Crippen molar-refractivity contribution in [1.82, 2.24) is 5.32 Å². The summed E-state index contributed by atoms with van der Waals surface area (Å²) >= 11 is 0. The molecule has 0 radical (unpaired) electrons. The molecule has 1 amide bonds. The second-order valence-electron chi connectivity index (χ2n) is 4.78. The second-order valence-corrected chi connectivity index (χ2v) is 4.78. The van der Waals surface area contributed by atoms with Crippen LogP contribution < -0.4 is 11.1 Å². The molecule has 0 saturated heterocycles. The van der Waals surface area contributed by atoms with Gasteiger partial charge in [0.15, 0.2) is 0 Å². The topological polar surface area (TPSA) is 92.4 Å². The largest absolute Gasteiger partial charge is 0.480 e. The third-order valence-corrected chi connectivity index (χ3v) is 2.52. The van der Waals surface area contributed by atoms with E-state index in [0.29, 0.717) is 18.8 Å². The lowest BCUT2D eigenvalue weighted by molar-refractivity contribution is -0.142. The number of carbonyl (C=O) groups excluding carboxylic acids is 1. The highest BCUT2D eigenvalue weighted by atomic mass is 16.4. The van der Waals surface area contributed by atoms with E-state index in [1.807, 2.05) is 20.8 Å². The molecule has 0 aromatic rings. The van der Waals surface area contributed by atoms with Crippen molar-refractivity contribution < 1.29 is 14.7 Å². The number of nitrogens with one attached hydrogen (secondary N) is 1. The molecule has 0 heterocycles. The highest BCUT2D eigenvalue weighted by Gasteiger charge is 2.22. The lowest BCUT2D eigenvalue weighted by Crippen LogP contribution is -2.48. The second kappa shape index (κ2) is 8.06. The third kappa shape index (κ3) is 6.94. The third-order valence-electron chi connectivity index (χ3n) is 2.52. The molecule has 0 aromatic heterocycles. The molecule has 0 aromatic carbocycles. The van der Waals surface area contributed by atoms with Gasteiger partial charge in [-0.05, 0) is 18.8 Å². The Hall–Kier alpha value is -1.10. The average molecular weight is 244 g/mol. The fourth-order valence-electron chi connectivity index (χ4n) is 1.56. The molecule has 0 saturated carbocycles. The Balaban J connectivity index is 4.24. The molecule has 5 heteroatoms. The van der Waals surface area contributed by atoms with Crippen molar-refractivity contribution in [3.05, 3.63) is 0 Å². The van der Waals surface area contributed by atoms with Crippen molar-refractivity contribution in [3.63, 3.8) is 0 Å². The fraction of sp³-hybridized carbons (Fsp3) is 0.833. The quantitative estimate of drug-likeness (QED) is 0.596. The van der Waals surface area contributed by atoms with Crippen LogP contribution in [0.15, 0.2) is 0 Å². The predicted octanol–water partition coefficient (Wildman–Crippen LogP) is 1.12. The van der Waals surface area contributed by atoms with Crippen LogP contribution in [0.3, 0.4) is 0 Å². The number of carboxylic acid groups (broad SMARTS) is 1. The minimum absolute atomic E-state index is 0.315. The van der Waals surface area contributed by atoms with Crippen LogP contribution in [-0.4, -0.2) is 29.1 Å². The van der Waals surface area contributed by atoms with Crippen LogP contribution in [0.5, 0.6) is 0 Å². The average Bonchev–Trinajstić information content (AvgIpc) is 2.22. The summed E-state index contributed by atoms with van der Waals surface area (Å²) in [5, 5.41) is 11.4. The van der Waals surface area contributed by atoms with Crippen molar-refractivity contribution >= 4 is 11.9 Å². The van der Waals surface area contributed by atoms with Gasteiger partial charge >= 0.3 is 5.97 Å². The maximum Gasteiger partial charge on any atom is 0.326 e. The highest BCUT2D eigenvalue weighted by molar-refractivity contribution is 5.86. The van der Waals surface area contributed by atoms with Crippen molar-refractivity contribution in [3.8, 4) is 0 Å². The van der Waals surface area contributed by atoms with Crippen LogP contribution in [0.1, 0.15) is 46.5 Å². The van der Waals surface area contributed by atoms with E-state index in [1.54, 1.807) is 0 Å². The van der Waals surface area contributed by atoms with Crippen LogP contribution in [0.4, 0.5) is 0 Å². The number of aliphatic carboxylic acids is 1. The maximum atomic E-state index is 11.7. The van der Waals surface area contributed by atoms with Gasteiger partial charge in [-0.25, -0.2) is 4.79 Å². The molecule has 100 valence electrons. The van der Waals surface area contributed by atoms with E-state index in [0.717, 1.165) is 12.8 Å². The Morgan fingerprint density at radius 1 is 1.35 bits per heavy atom. The molecule has 0 spiro atoms. The monoisotopic (exact) mass is 244 g/mol. The molecule has 17 heavy (non-hydrogen) atoms. The van der Waals surface area contributed by atoms with Crippen LogP contribution in [0, 0.1) is 5.92 Å². The summed E-state index contributed by atoms with van der Waals surface area (Å²) in [6, 6.07) is -1.45. The zero-order valence-electron chi connectivity index (χ0n) is 10.9. The molecule has 0 aliphatic carbocycles. The summed E-state index contributed by atoms with van der Waals surface area (Å²) in [5.41, 5.74) is 5.69. The lowest BCUT2D eigenvalue weighted by Gasteiger charge is -2.18. The van der Waals surface area contributed by atoms with E-state index in [1.165, 1.54) is 0 Å². The molecule has 5 nitrogen and oxygen atoms in total. The summed E-state index contributed by atoms with van der Waals surface area (Å²) in [5.74, 6) is -1.06. The van der Waals surface area contributed by atoms with Gasteiger partial charge in [0, 0.05) is 0 Å². The molecular weight excluding hydrogens is 220 g/mol. The molecule has 0 aliphatic heterocycles. The number of hydrogen-bond acceptors (Lipinski definition) is 3. The standard InChI is InChI=1S/C12H24N2O3/c1-4-5-6-10(12(16)17)14-11(15)9(13)7-8(2)3/h8-10H,4-7,13H2,1-3H3,(H,14,15)(H,16,17)/t9?,10-/m0/s1. The van der Waals surface area contributed by atoms with E-state index in [2.05, 4.69) is 5.32 Å². The molecule has 0 bridgehead atoms. The first-order valence-corrected chi connectivity index (χ1v) is 6.17. The smallest absolute Gasteiger partial charge is 0.326 e. The van der Waals surface area contributed by atoms with Crippen LogP contribution in [0.25, 0.3) is 0 Å². The first-order valence-electron chi connectivity index (χ1n) is 6.17. The first kappa shape index (κ1) is 15.9. The van der Waals surface area contributed by atoms with E-state index in [-0.39, 0.29) is 5.91 Å². The number of carboxylic acids is 1. The van der Waals surface area contributed by atoms with Gasteiger partial charge in [-0.3, -0.25) is 4.79 Å². The minimum Gasteiger partial charge on any atom is -0.480 e. The van der Waals surface area contributed by atoms with Gasteiger partial charge in [0.2, 0.25) is 5.91 Å². The summed E-state index contributed by atoms with van der Waals surface area (Å²) in [6.45, 7) is 5.92. The van der Waals surface area contributed by atoms with E-state index >= 15 is 0 Å². The summed E-state index contributed by atoms with van der Waals surface area (Å²) in [6.07, 6.45) is 2.69. The van der Waals surface area contributed by atoms with Gasteiger partial charge in [0.05, 0.1) is 6.04 Å². The summed E-state index contributed by atoms with van der Waals surface area (Å²) in [7, 11) is 0. The maximum absolute atomic E-state index is 11.7. The van der Waals surface area contributed by atoms with Gasteiger partial charge in [-0.15, -0.1) is 0 Å². The molecule has 2 atom stereocenters. The molecular formula is C12H24N2O3. The molecule has 0 rings (SSSR count). The zero-order chi connectivity index (χ0) is 13.4. The molecule has 1 unspecified atom stereocenters. The van der Waals surface area contributed by atoms with Crippen molar-refractivity contribution in [2.24, 2.45) is 11.7 Å². The van der Waals surface area contributed by atoms with Crippen molar-refractivity contribution in [2.45, 2.75) is 58.5 Å². The molecule has 4 N–H and O–H groups in total. The summed E-state index contributed by atoms with van der Waals surface area (Å²) < 4.78 is 0. The number of hydrogen-bond donors (Lipinski definition) is 3. The molecule has 0 fully saturated rings. The normalized spacial score (nSPS) is 14.4. The number of carbonyl (C=O) groups is 2. The minimum atomic E-state index is -0.997. The number of unbranched alkanes of at least 4 members (excludes halogenated alkanes) is 1. The van der Waals surface area contributed by atoms with Crippen LogP contribution >= 0.6 is 0 Å². The van der Waals surface area contributed by atoms with Gasteiger partial charge in [0.1, 0.15) is 6.04 Å². The van der Waals surface area contributed by atoms with E-state index in [9.17, 15) is 9.59 Å². The van der Waals surface area contributed by atoms with Gasteiger partial charge in [-0.1, -0.05) is 33.6 Å². The number of amides is 1. The SMILES string of the molecule is CCCC[C@H](NC(=O)C(N)CC(C)C)C(=O)O. The Kier molecular flexibility index (Phi) is 7.54. The summed E-state index contributed by atoms with van der Waals surface area (Å²) in [4.78, 5) is 22.6. The first-order chi connectivity index (χ1) is 7.88. The van der Waals surface area contributed by atoms with Crippen LogP contribution in [-0.2, 0) is 9.59 Å². The number of rotatable bonds is 8. The Morgan fingerprint density at radius 3 is 2.35 bits per heavy atom. The fourth-order valence-corrected chi connectivity index (χ4v) is 1.56. The number of nitrogens with two attached hydrogens (primary N) is 1.